The molecule has 2 aromatic carbocycles. The van der Waals surface area contributed by atoms with E-state index in [1.807, 2.05) is 6.07 Å². The first-order valence-electron chi connectivity index (χ1n) is 6.15. The van der Waals surface area contributed by atoms with E-state index in [1.165, 1.54) is 0 Å². The summed E-state index contributed by atoms with van der Waals surface area (Å²) in [7, 11) is 0. The summed E-state index contributed by atoms with van der Waals surface area (Å²) in [4.78, 5) is 12.0. The summed E-state index contributed by atoms with van der Waals surface area (Å²) in [6.45, 7) is 0.476. The molecule has 0 aromatic heterocycles. The van der Waals surface area contributed by atoms with Crippen molar-refractivity contribution < 1.29 is 13.6 Å². The van der Waals surface area contributed by atoms with Gasteiger partial charge in [-0.05, 0) is 42.8 Å². The molecule has 1 amide bonds. The Morgan fingerprint density at radius 3 is 2.70 bits per heavy atom. The molecule has 3 nitrogen and oxygen atoms in total. The second-order valence-corrected chi connectivity index (χ2v) is 4.32. The molecule has 0 fully saturated rings. The Labute approximate surface area is 115 Å². The van der Waals surface area contributed by atoms with Crippen LogP contribution in [0, 0.1) is 11.6 Å². The molecule has 0 saturated heterocycles. The van der Waals surface area contributed by atoms with E-state index in [4.69, 9.17) is 5.73 Å². The predicted octanol–water partition coefficient (Wildman–Crippen LogP) is 2.72. The molecule has 104 valence electrons. The molecule has 0 atom stereocenters. The van der Waals surface area contributed by atoms with E-state index in [-0.39, 0.29) is 5.69 Å². The third-order valence-electron chi connectivity index (χ3n) is 2.80. The van der Waals surface area contributed by atoms with Gasteiger partial charge in [-0.3, -0.25) is 4.79 Å². The van der Waals surface area contributed by atoms with Crippen LogP contribution in [0.15, 0.2) is 42.5 Å². The molecule has 0 heterocycles. The fraction of sp³-hybridized carbons (Fsp3) is 0.133. The van der Waals surface area contributed by atoms with Gasteiger partial charge in [0.1, 0.15) is 11.6 Å². The topological polar surface area (TPSA) is 55.1 Å². The van der Waals surface area contributed by atoms with Gasteiger partial charge in [-0.15, -0.1) is 0 Å². The average Bonchev–Trinajstić information content (AvgIpc) is 2.43. The Balaban J connectivity index is 2.19. The van der Waals surface area contributed by atoms with E-state index in [0.29, 0.717) is 18.5 Å². The number of halogens is 2. The highest BCUT2D eigenvalue weighted by atomic mass is 19.1. The number of hydrogen-bond donors (Lipinski definition) is 2. The lowest BCUT2D eigenvalue weighted by atomic mass is 10.1. The minimum Gasteiger partial charge on any atom is -0.330 e. The number of hydrogen-bond acceptors (Lipinski definition) is 2. The quantitative estimate of drug-likeness (QED) is 0.902. The number of benzene rings is 2. The number of anilines is 1. The summed E-state index contributed by atoms with van der Waals surface area (Å²) in [5, 5.41) is 2.35. The van der Waals surface area contributed by atoms with E-state index in [2.05, 4.69) is 5.32 Å². The van der Waals surface area contributed by atoms with Crippen LogP contribution in [0.5, 0.6) is 0 Å². The summed E-state index contributed by atoms with van der Waals surface area (Å²) in [6.07, 6.45) is 0.648. The molecule has 0 saturated carbocycles. The van der Waals surface area contributed by atoms with E-state index >= 15 is 0 Å². The van der Waals surface area contributed by atoms with Crippen LogP contribution < -0.4 is 11.1 Å². The van der Waals surface area contributed by atoms with Crippen LogP contribution in [0.3, 0.4) is 0 Å². The zero-order valence-corrected chi connectivity index (χ0v) is 10.7. The largest absolute Gasteiger partial charge is 0.330 e. The summed E-state index contributed by atoms with van der Waals surface area (Å²) in [5.41, 5.74) is 6.56. The first kappa shape index (κ1) is 14.1. The van der Waals surface area contributed by atoms with Crippen LogP contribution in [0.2, 0.25) is 0 Å². The van der Waals surface area contributed by atoms with Crippen molar-refractivity contribution in [1.29, 1.82) is 0 Å². The molecule has 3 N–H and O–H groups in total. The Bertz CT molecular complexity index is 629. The van der Waals surface area contributed by atoms with Gasteiger partial charge in [0.2, 0.25) is 0 Å². The van der Waals surface area contributed by atoms with Gasteiger partial charge >= 0.3 is 0 Å². The summed E-state index contributed by atoms with van der Waals surface area (Å²) < 4.78 is 26.5. The zero-order valence-electron chi connectivity index (χ0n) is 10.7. The SMILES string of the molecule is NCCc1cccc(C(=O)Nc2cc(F)ccc2F)c1. The predicted molar refractivity (Wildman–Crippen MR) is 73.5 cm³/mol. The smallest absolute Gasteiger partial charge is 0.255 e. The van der Waals surface area contributed by atoms with Crippen LogP contribution in [0.4, 0.5) is 14.5 Å². The van der Waals surface area contributed by atoms with Crippen molar-refractivity contribution in [3.05, 3.63) is 65.2 Å². The summed E-state index contributed by atoms with van der Waals surface area (Å²) in [5.74, 6) is -1.79. The van der Waals surface area contributed by atoms with Crippen molar-refractivity contribution >= 4 is 11.6 Å². The maximum atomic E-state index is 13.4. The monoisotopic (exact) mass is 276 g/mol. The van der Waals surface area contributed by atoms with Gasteiger partial charge in [-0.1, -0.05) is 12.1 Å². The molecular weight excluding hydrogens is 262 g/mol. The van der Waals surface area contributed by atoms with Crippen molar-refractivity contribution in [2.75, 3.05) is 11.9 Å². The Kier molecular flexibility index (Phi) is 4.42. The third kappa shape index (κ3) is 3.39. The van der Waals surface area contributed by atoms with Crippen molar-refractivity contribution in [3.8, 4) is 0 Å². The number of carbonyl (C=O) groups is 1. The van der Waals surface area contributed by atoms with Crippen LogP contribution in [0.1, 0.15) is 15.9 Å². The maximum Gasteiger partial charge on any atom is 0.255 e. The van der Waals surface area contributed by atoms with Gasteiger partial charge in [-0.2, -0.15) is 0 Å². The van der Waals surface area contributed by atoms with Gasteiger partial charge in [-0.25, -0.2) is 8.78 Å². The maximum absolute atomic E-state index is 13.4. The van der Waals surface area contributed by atoms with E-state index < -0.39 is 17.5 Å². The molecule has 0 aliphatic heterocycles. The summed E-state index contributed by atoms with van der Waals surface area (Å²) in [6, 6.07) is 9.76. The standard InChI is InChI=1S/C15H14F2N2O/c16-12-4-5-13(17)14(9-12)19-15(20)11-3-1-2-10(8-11)6-7-18/h1-5,8-9H,6-7,18H2,(H,19,20). The van der Waals surface area contributed by atoms with E-state index in [0.717, 1.165) is 23.8 Å². The molecule has 0 radical (unpaired) electrons. The average molecular weight is 276 g/mol. The molecule has 20 heavy (non-hydrogen) atoms. The van der Waals surface area contributed by atoms with Gasteiger partial charge in [0, 0.05) is 11.6 Å². The summed E-state index contributed by atoms with van der Waals surface area (Å²) >= 11 is 0. The fourth-order valence-electron chi connectivity index (χ4n) is 1.82. The lowest BCUT2D eigenvalue weighted by Crippen LogP contribution is -2.14. The van der Waals surface area contributed by atoms with Crippen molar-refractivity contribution in [2.24, 2.45) is 5.73 Å². The molecule has 2 rings (SSSR count). The molecule has 0 bridgehead atoms. The highest BCUT2D eigenvalue weighted by Gasteiger charge is 2.10. The Morgan fingerprint density at radius 1 is 1.15 bits per heavy atom. The molecule has 0 unspecified atom stereocenters. The number of amides is 1. The first-order chi connectivity index (χ1) is 9.60. The fourth-order valence-corrected chi connectivity index (χ4v) is 1.82. The second-order valence-electron chi connectivity index (χ2n) is 4.32. The molecular formula is C15H14F2N2O. The minimum absolute atomic E-state index is 0.181. The number of nitrogens with one attached hydrogen (secondary N) is 1. The van der Waals surface area contributed by atoms with E-state index in [1.54, 1.807) is 18.2 Å². The van der Waals surface area contributed by atoms with Crippen LogP contribution in [0.25, 0.3) is 0 Å². The van der Waals surface area contributed by atoms with Crippen LogP contribution in [-0.4, -0.2) is 12.5 Å². The van der Waals surface area contributed by atoms with Gasteiger partial charge in [0.15, 0.2) is 0 Å². The lowest BCUT2D eigenvalue weighted by Gasteiger charge is -2.08. The van der Waals surface area contributed by atoms with E-state index in [9.17, 15) is 13.6 Å². The normalized spacial score (nSPS) is 10.3. The van der Waals surface area contributed by atoms with Gasteiger partial charge < -0.3 is 11.1 Å². The van der Waals surface area contributed by atoms with Gasteiger partial charge in [0.05, 0.1) is 5.69 Å². The first-order valence-corrected chi connectivity index (χ1v) is 6.15. The number of carbonyl (C=O) groups excluding carboxylic acids is 1. The lowest BCUT2D eigenvalue weighted by molar-refractivity contribution is 0.102. The highest BCUT2D eigenvalue weighted by molar-refractivity contribution is 6.04. The minimum atomic E-state index is -0.683. The molecule has 2 aromatic rings. The van der Waals surface area contributed by atoms with Crippen molar-refractivity contribution in [2.45, 2.75) is 6.42 Å². The Hall–Kier alpha value is -2.27. The van der Waals surface area contributed by atoms with Crippen molar-refractivity contribution in [1.82, 2.24) is 0 Å². The highest BCUT2D eigenvalue weighted by Crippen LogP contribution is 2.17. The second kappa shape index (κ2) is 6.25. The molecule has 0 spiro atoms. The number of nitrogens with two attached hydrogens (primary N) is 1. The third-order valence-corrected chi connectivity index (χ3v) is 2.80. The van der Waals surface area contributed by atoms with Gasteiger partial charge in [0.25, 0.3) is 5.91 Å². The number of rotatable bonds is 4. The zero-order chi connectivity index (χ0) is 14.5. The molecule has 0 aliphatic rings. The van der Waals surface area contributed by atoms with Crippen LogP contribution >= 0.6 is 0 Å². The Morgan fingerprint density at radius 2 is 1.95 bits per heavy atom. The van der Waals surface area contributed by atoms with Crippen molar-refractivity contribution in [3.63, 3.8) is 0 Å². The molecule has 5 heteroatoms. The van der Waals surface area contributed by atoms with Crippen LogP contribution in [-0.2, 0) is 6.42 Å². The molecule has 0 aliphatic carbocycles.